The first-order valence-electron chi connectivity index (χ1n) is 5.66. The van der Waals surface area contributed by atoms with Crippen LogP contribution in [0.3, 0.4) is 0 Å². The summed E-state index contributed by atoms with van der Waals surface area (Å²) in [5, 5.41) is 0. The van der Waals surface area contributed by atoms with E-state index in [-0.39, 0.29) is 18.7 Å². The van der Waals surface area contributed by atoms with E-state index in [1.54, 1.807) is 27.7 Å². The second kappa shape index (κ2) is 5.20. The minimum Gasteiger partial charge on any atom is -0.462 e. The lowest BCUT2D eigenvalue weighted by Gasteiger charge is -2.22. The molecule has 0 aromatic heterocycles. The fraction of sp³-hybridized carbons (Fsp3) is 0.583. The number of amides is 1. The average molecular weight is 255 g/mol. The van der Waals surface area contributed by atoms with E-state index in [4.69, 9.17) is 9.47 Å². The van der Waals surface area contributed by atoms with Crippen LogP contribution in [0.5, 0.6) is 0 Å². The van der Waals surface area contributed by atoms with Crippen LogP contribution in [0, 0.1) is 0 Å². The number of hydrogen-bond donors (Lipinski definition) is 0. The van der Waals surface area contributed by atoms with Crippen LogP contribution in [0.25, 0.3) is 0 Å². The second-order valence-electron chi connectivity index (χ2n) is 4.79. The van der Waals surface area contributed by atoms with E-state index in [0.717, 1.165) is 4.90 Å². The van der Waals surface area contributed by atoms with Crippen LogP contribution in [-0.4, -0.2) is 41.5 Å². The zero-order valence-electron chi connectivity index (χ0n) is 11.0. The van der Waals surface area contributed by atoms with E-state index in [9.17, 15) is 14.4 Å². The number of hydrogen-bond acceptors (Lipinski definition) is 5. The van der Waals surface area contributed by atoms with E-state index < -0.39 is 23.4 Å². The third-order valence-corrected chi connectivity index (χ3v) is 2.02. The van der Waals surface area contributed by atoms with Crippen molar-refractivity contribution in [3.05, 3.63) is 11.8 Å². The predicted molar refractivity (Wildman–Crippen MR) is 62.7 cm³/mol. The summed E-state index contributed by atoms with van der Waals surface area (Å²) in [5.74, 6) is -1.16. The summed E-state index contributed by atoms with van der Waals surface area (Å²) in [6.45, 7) is 6.79. The van der Waals surface area contributed by atoms with Crippen LogP contribution < -0.4 is 0 Å². The average Bonchev–Trinajstić information content (AvgIpc) is 2.58. The molecule has 18 heavy (non-hydrogen) atoms. The number of Topliss-reactive ketones (excluding diaryl/α,β-unsaturated/α-hetero) is 1. The molecule has 0 aliphatic carbocycles. The van der Waals surface area contributed by atoms with E-state index in [1.807, 2.05) is 0 Å². The van der Waals surface area contributed by atoms with E-state index in [2.05, 4.69) is 0 Å². The molecule has 1 aliphatic heterocycles. The molecule has 0 bridgehead atoms. The van der Waals surface area contributed by atoms with Gasteiger partial charge in [-0.15, -0.1) is 0 Å². The Morgan fingerprint density at radius 2 is 2.00 bits per heavy atom. The van der Waals surface area contributed by atoms with Crippen molar-refractivity contribution in [2.45, 2.75) is 33.3 Å². The lowest BCUT2D eigenvalue weighted by molar-refractivity contribution is -0.139. The van der Waals surface area contributed by atoms with Gasteiger partial charge in [0.2, 0.25) is 0 Å². The Morgan fingerprint density at radius 1 is 1.39 bits per heavy atom. The predicted octanol–water partition coefficient (Wildman–Crippen LogP) is 1.25. The van der Waals surface area contributed by atoms with Gasteiger partial charge in [0.05, 0.1) is 13.2 Å². The summed E-state index contributed by atoms with van der Waals surface area (Å²) in [6.07, 6.45) is 0.518. The molecule has 0 saturated carbocycles. The zero-order chi connectivity index (χ0) is 13.9. The lowest BCUT2D eigenvalue weighted by atomic mass is 10.2. The first-order chi connectivity index (χ1) is 8.24. The molecule has 0 aromatic rings. The highest BCUT2D eigenvalue weighted by Crippen LogP contribution is 2.16. The lowest BCUT2D eigenvalue weighted by Crippen LogP contribution is -2.33. The maximum absolute atomic E-state index is 11.7. The summed E-state index contributed by atoms with van der Waals surface area (Å²) in [4.78, 5) is 35.7. The van der Waals surface area contributed by atoms with Crippen molar-refractivity contribution in [1.29, 1.82) is 0 Å². The SMILES string of the molecule is CCOC(=O)C1=CN(C(=O)OC(C)(C)C)CC1=O. The van der Waals surface area contributed by atoms with Gasteiger partial charge in [-0.1, -0.05) is 0 Å². The standard InChI is InChI=1S/C12H17NO5/c1-5-17-10(15)8-6-13(7-9(8)14)11(16)18-12(2,3)4/h6H,5,7H2,1-4H3. The summed E-state index contributed by atoms with van der Waals surface area (Å²) in [6, 6.07) is 0. The third-order valence-electron chi connectivity index (χ3n) is 2.02. The molecule has 0 N–H and O–H groups in total. The van der Waals surface area contributed by atoms with Crippen molar-refractivity contribution in [3.8, 4) is 0 Å². The molecule has 0 aromatic carbocycles. The molecule has 0 spiro atoms. The van der Waals surface area contributed by atoms with Crippen molar-refractivity contribution in [2.24, 2.45) is 0 Å². The van der Waals surface area contributed by atoms with Gasteiger partial charge in [-0.2, -0.15) is 0 Å². The second-order valence-corrected chi connectivity index (χ2v) is 4.79. The Labute approximate surface area is 106 Å². The van der Waals surface area contributed by atoms with Crippen molar-refractivity contribution >= 4 is 17.8 Å². The summed E-state index contributed by atoms with van der Waals surface area (Å²) in [7, 11) is 0. The Morgan fingerprint density at radius 3 is 2.50 bits per heavy atom. The molecule has 6 nitrogen and oxygen atoms in total. The summed E-state index contributed by atoms with van der Waals surface area (Å²) >= 11 is 0. The minimum atomic E-state index is -0.714. The summed E-state index contributed by atoms with van der Waals surface area (Å²) in [5.41, 5.74) is -0.775. The molecule has 1 amide bonds. The maximum atomic E-state index is 11.7. The molecule has 0 radical (unpaired) electrons. The minimum absolute atomic E-state index is 0.122. The molecular weight excluding hydrogens is 238 g/mol. The monoisotopic (exact) mass is 255 g/mol. The molecule has 0 atom stereocenters. The molecule has 6 heteroatoms. The van der Waals surface area contributed by atoms with Crippen LogP contribution in [0.4, 0.5) is 4.79 Å². The van der Waals surface area contributed by atoms with Crippen LogP contribution in [0.2, 0.25) is 0 Å². The van der Waals surface area contributed by atoms with Gasteiger partial charge in [0.25, 0.3) is 0 Å². The first-order valence-corrected chi connectivity index (χ1v) is 5.66. The molecular formula is C12H17NO5. The highest BCUT2D eigenvalue weighted by atomic mass is 16.6. The Kier molecular flexibility index (Phi) is 4.11. The number of esters is 1. The van der Waals surface area contributed by atoms with Gasteiger partial charge in [0, 0.05) is 6.20 Å². The van der Waals surface area contributed by atoms with Gasteiger partial charge >= 0.3 is 12.1 Å². The van der Waals surface area contributed by atoms with Crippen molar-refractivity contribution < 1.29 is 23.9 Å². The molecule has 0 saturated heterocycles. The number of ether oxygens (including phenoxy) is 2. The number of ketones is 1. The van der Waals surface area contributed by atoms with Gasteiger partial charge in [0.1, 0.15) is 11.2 Å². The van der Waals surface area contributed by atoms with Gasteiger partial charge in [0.15, 0.2) is 5.78 Å². The zero-order valence-corrected chi connectivity index (χ0v) is 11.0. The van der Waals surface area contributed by atoms with E-state index in [1.165, 1.54) is 6.20 Å². The number of carbonyl (C=O) groups is 3. The Hall–Kier alpha value is -1.85. The van der Waals surface area contributed by atoms with Gasteiger partial charge in [-0.05, 0) is 27.7 Å². The third kappa shape index (κ3) is 3.58. The van der Waals surface area contributed by atoms with Gasteiger partial charge in [-0.3, -0.25) is 9.69 Å². The highest BCUT2D eigenvalue weighted by molar-refractivity contribution is 6.20. The van der Waals surface area contributed by atoms with Crippen LogP contribution >= 0.6 is 0 Å². The molecule has 100 valence electrons. The Balaban J connectivity index is 2.75. The normalized spacial score (nSPS) is 15.4. The van der Waals surface area contributed by atoms with Crippen LogP contribution in [0.1, 0.15) is 27.7 Å². The molecule has 1 aliphatic rings. The number of nitrogens with zero attached hydrogens (tertiary/aromatic N) is 1. The van der Waals surface area contributed by atoms with Gasteiger partial charge < -0.3 is 9.47 Å². The van der Waals surface area contributed by atoms with Crippen molar-refractivity contribution in [2.75, 3.05) is 13.2 Å². The van der Waals surface area contributed by atoms with Crippen LogP contribution in [0.15, 0.2) is 11.8 Å². The summed E-state index contributed by atoms with van der Waals surface area (Å²) < 4.78 is 9.81. The highest BCUT2D eigenvalue weighted by Gasteiger charge is 2.33. The fourth-order valence-electron chi connectivity index (χ4n) is 1.33. The van der Waals surface area contributed by atoms with Gasteiger partial charge in [-0.25, -0.2) is 9.59 Å². The molecule has 1 rings (SSSR count). The smallest absolute Gasteiger partial charge is 0.414 e. The number of carbonyl (C=O) groups excluding carboxylic acids is 3. The quantitative estimate of drug-likeness (QED) is 0.548. The maximum Gasteiger partial charge on any atom is 0.414 e. The fourth-order valence-corrected chi connectivity index (χ4v) is 1.33. The Bertz CT molecular complexity index is 405. The van der Waals surface area contributed by atoms with Crippen LogP contribution in [-0.2, 0) is 19.1 Å². The largest absolute Gasteiger partial charge is 0.462 e. The van der Waals surface area contributed by atoms with Crippen molar-refractivity contribution in [1.82, 2.24) is 4.90 Å². The first kappa shape index (κ1) is 14.2. The topological polar surface area (TPSA) is 72.9 Å². The van der Waals surface area contributed by atoms with E-state index in [0.29, 0.717) is 0 Å². The van der Waals surface area contributed by atoms with Crippen molar-refractivity contribution in [3.63, 3.8) is 0 Å². The van der Waals surface area contributed by atoms with E-state index >= 15 is 0 Å². The molecule has 0 unspecified atom stereocenters. The molecule has 0 fully saturated rings. The molecule has 1 heterocycles. The number of rotatable bonds is 2.